The molecule has 0 aliphatic heterocycles. The van der Waals surface area contributed by atoms with Crippen LogP contribution in [0.15, 0.2) is 92.2 Å². The molecule has 0 radical (unpaired) electrons. The molecule has 1 N–H and O–H groups in total. The van der Waals surface area contributed by atoms with Crippen molar-refractivity contribution in [1.29, 1.82) is 0 Å². The topological polar surface area (TPSA) is 41.3 Å². The Morgan fingerprint density at radius 3 is 2.65 bits per heavy atom. The normalized spacial score (nSPS) is 11.5. The van der Waals surface area contributed by atoms with Crippen LogP contribution < -0.4 is 0 Å². The smallest absolute Gasteiger partial charge is 0.144 e. The van der Waals surface area contributed by atoms with E-state index in [0.717, 1.165) is 22.5 Å². The molecule has 4 aromatic rings. The first-order chi connectivity index (χ1) is 11.4. The molecule has 0 aliphatic rings. The van der Waals surface area contributed by atoms with Gasteiger partial charge in [-0.2, -0.15) is 0 Å². The summed E-state index contributed by atoms with van der Waals surface area (Å²) in [5, 5.41) is 1.15. The molecule has 2 aromatic carbocycles. The maximum absolute atomic E-state index is 5.25. The number of furan rings is 1. The SMILES string of the molecule is C(=N\c1cc2cc(Sc3ccccc3)ccc2[nH]1)/c1ccco1. The van der Waals surface area contributed by atoms with Crippen molar-refractivity contribution in [1.82, 2.24) is 4.98 Å². The number of rotatable bonds is 4. The molecule has 0 amide bonds. The monoisotopic (exact) mass is 318 g/mol. The molecule has 0 aliphatic carbocycles. The fraction of sp³-hybridized carbons (Fsp3) is 0. The van der Waals surface area contributed by atoms with Crippen LogP contribution in [0.5, 0.6) is 0 Å². The molecule has 0 spiro atoms. The Morgan fingerprint density at radius 2 is 1.83 bits per heavy atom. The molecule has 23 heavy (non-hydrogen) atoms. The van der Waals surface area contributed by atoms with E-state index in [4.69, 9.17) is 4.42 Å². The fourth-order valence-corrected chi connectivity index (χ4v) is 3.24. The van der Waals surface area contributed by atoms with Gasteiger partial charge in [-0.25, -0.2) is 4.99 Å². The number of nitrogens with one attached hydrogen (secondary N) is 1. The molecule has 0 fully saturated rings. The molecule has 0 saturated carbocycles. The van der Waals surface area contributed by atoms with Gasteiger partial charge in [-0.15, -0.1) is 0 Å². The van der Waals surface area contributed by atoms with E-state index in [9.17, 15) is 0 Å². The van der Waals surface area contributed by atoms with E-state index in [1.807, 2.05) is 24.3 Å². The van der Waals surface area contributed by atoms with Crippen molar-refractivity contribution < 1.29 is 4.42 Å². The van der Waals surface area contributed by atoms with Crippen LogP contribution in [0.1, 0.15) is 5.76 Å². The fourth-order valence-electron chi connectivity index (χ4n) is 2.35. The van der Waals surface area contributed by atoms with E-state index in [2.05, 4.69) is 52.4 Å². The highest BCUT2D eigenvalue weighted by Crippen LogP contribution is 2.31. The van der Waals surface area contributed by atoms with Crippen molar-refractivity contribution in [3.05, 3.63) is 78.8 Å². The number of nitrogens with zero attached hydrogens (tertiary/aromatic N) is 1. The van der Waals surface area contributed by atoms with E-state index in [0.29, 0.717) is 0 Å². The summed E-state index contributed by atoms with van der Waals surface area (Å²) < 4.78 is 5.25. The average molecular weight is 318 g/mol. The van der Waals surface area contributed by atoms with Gasteiger partial charge >= 0.3 is 0 Å². The molecule has 3 nitrogen and oxygen atoms in total. The molecular formula is C19H14N2OS. The van der Waals surface area contributed by atoms with Crippen molar-refractivity contribution in [2.75, 3.05) is 0 Å². The number of aliphatic imine (C=N–C) groups is 1. The van der Waals surface area contributed by atoms with Gasteiger partial charge in [0.05, 0.1) is 12.5 Å². The number of hydrogen-bond acceptors (Lipinski definition) is 3. The predicted octanol–water partition coefficient (Wildman–Crippen LogP) is 5.66. The second kappa shape index (κ2) is 6.18. The zero-order valence-electron chi connectivity index (χ0n) is 12.3. The summed E-state index contributed by atoms with van der Waals surface area (Å²) in [6.07, 6.45) is 3.35. The Morgan fingerprint density at radius 1 is 0.913 bits per heavy atom. The largest absolute Gasteiger partial charge is 0.463 e. The van der Waals surface area contributed by atoms with E-state index in [1.165, 1.54) is 9.79 Å². The Hall–Kier alpha value is -2.72. The van der Waals surface area contributed by atoms with Gasteiger partial charge in [0.2, 0.25) is 0 Å². The lowest BCUT2D eigenvalue weighted by atomic mass is 10.2. The first-order valence-electron chi connectivity index (χ1n) is 7.30. The summed E-state index contributed by atoms with van der Waals surface area (Å²) in [4.78, 5) is 10.2. The summed E-state index contributed by atoms with van der Waals surface area (Å²) >= 11 is 1.76. The number of fused-ring (bicyclic) bond motifs is 1. The van der Waals surface area contributed by atoms with Crippen LogP contribution in [0.4, 0.5) is 5.82 Å². The number of hydrogen-bond donors (Lipinski definition) is 1. The second-order valence-corrected chi connectivity index (χ2v) is 6.24. The van der Waals surface area contributed by atoms with Crippen molar-refractivity contribution in [2.45, 2.75) is 9.79 Å². The van der Waals surface area contributed by atoms with E-state index < -0.39 is 0 Å². The summed E-state index contributed by atoms with van der Waals surface area (Å²) in [6, 6.07) is 22.5. The highest BCUT2D eigenvalue weighted by molar-refractivity contribution is 7.99. The molecule has 4 heteroatoms. The van der Waals surface area contributed by atoms with Gasteiger partial charge in [0.15, 0.2) is 0 Å². The molecule has 0 unspecified atom stereocenters. The van der Waals surface area contributed by atoms with Crippen molar-refractivity contribution in [3.8, 4) is 0 Å². The maximum Gasteiger partial charge on any atom is 0.144 e. The quantitative estimate of drug-likeness (QED) is 0.493. The number of aromatic nitrogens is 1. The molecule has 2 aromatic heterocycles. The Labute approximate surface area is 138 Å². The lowest BCUT2D eigenvalue weighted by Crippen LogP contribution is -1.74. The van der Waals surface area contributed by atoms with E-state index in [-0.39, 0.29) is 0 Å². The standard InChI is InChI=1S/C19H14N2OS/c1-2-6-16(7-3-1)23-17-8-9-18-14(11-17)12-19(21-18)20-13-15-5-4-10-22-15/h1-13,21H/b20-13+. The minimum Gasteiger partial charge on any atom is -0.463 e. The van der Waals surface area contributed by atoms with Crippen molar-refractivity contribution in [3.63, 3.8) is 0 Å². The van der Waals surface area contributed by atoms with Crippen LogP contribution in [0.3, 0.4) is 0 Å². The van der Waals surface area contributed by atoms with E-state index >= 15 is 0 Å². The number of H-pyrrole nitrogens is 1. The zero-order chi connectivity index (χ0) is 15.5. The van der Waals surface area contributed by atoms with Crippen LogP contribution in [0.2, 0.25) is 0 Å². The Kier molecular flexibility index (Phi) is 3.74. The van der Waals surface area contributed by atoms with Crippen molar-refractivity contribution >= 4 is 34.7 Å². The lowest BCUT2D eigenvalue weighted by molar-refractivity contribution is 0.560. The first kappa shape index (κ1) is 13.9. The van der Waals surface area contributed by atoms with Gasteiger partial charge in [0, 0.05) is 20.7 Å². The second-order valence-electron chi connectivity index (χ2n) is 5.09. The molecule has 0 bridgehead atoms. The summed E-state index contributed by atoms with van der Waals surface area (Å²) in [5.41, 5.74) is 1.08. The van der Waals surface area contributed by atoms with Crippen LogP contribution in [-0.4, -0.2) is 11.2 Å². The zero-order valence-corrected chi connectivity index (χ0v) is 13.1. The van der Waals surface area contributed by atoms with Gasteiger partial charge < -0.3 is 9.40 Å². The molecule has 0 saturated heterocycles. The summed E-state index contributed by atoms with van der Waals surface area (Å²) in [7, 11) is 0. The van der Waals surface area contributed by atoms with Crippen molar-refractivity contribution in [2.24, 2.45) is 4.99 Å². The average Bonchev–Trinajstić information content (AvgIpc) is 3.22. The highest BCUT2D eigenvalue weighted by atomic mass is 32.2. The van der Waals surface area contributed by atoms with Gasteiger partial charge in [-0.3, -0.25) is 0 Å². The highest BCUT2D eigenvalue weighted by Gasteiger charge is 2.03. The minimum absolute atomic E-state index is 0.740. The summed E-state index contributed by atoms with van der Waals surface area (Å²) in [5.74, 6) is 1.56. The van der Waals surface area contributed by atoms with Gasteiger partial charge in [0.1, 0.15) is 11.6 Å². The first-order valence-corrected chi connectivity index (χ1v) is 8.12. The number of benzene rings is 2. The van der Waals surface area contributed by atoms with E-state index in [1.54, 1.807) is 24.2 Å². The predicted molar refractivity (Wildman–Crippen MR) is 94.8 cm³/mol. The van der Waals surface area contributed by atoms with Gasteiger partial charge in [-0.1, -0.05) is 30.0 Å². The third kappa shape index (κ3) is 3.22. The molecular weight excluding hydrogens is 304 g/mol. The molecule has 2 heterocycles. The van der Waals surface area contributed by atoms with Gasteiger partial charge in [-0.05, 0) is 48.5 Å². The molecule has 0 atom stereocenters. The van der Waals surface area contributed by atoms with Gasteiger partial charge in [0.25, 0.3) is 0 Å². The minimum atomic E-state index is 0.740. The third-order valence-electron chi connectivity index (χ3n) is 3.43. The third-order valence-corrected chi connectivity index (χ3v) is 4.43. The number of aromatic amines is 1. The Bertz CT molecular complexity index is 940. The van der Waals surface area contributed by atoms with Crippen LogP contribution in [-0.2, 0) is 0 Å². The summed E-state index contributed by atoms with van der Waals surface area (Å²) in [6.45, 7) is 0. The van der Waals surface area contributed by atoms with Crippen LogP contribution >= 0.6 is 11.8 Å². The molecule has 112 valence electrons. The Balaban J connectivity index is 1.59. The maximum atomic E-state index is 5.25. The van der Waals surface area contributed by atoms with Crippen LogP contribution in [0, 0.1) is 0 Å². The lowest BCUT2D eigenvalue weighted by Gasteiger charge is -2.01. The van der Waals surface area contributed by atoms with Crippen LogP contribution in [0.25, 0.3) is 10.9 Å². The molecule has 4 rings (SSSR count).